The van der Waals surface area contributed by atoms with Crippen molar-refractivity contribution in [3.8, 4) is 0 Å². The van der Waals surface area contributed by atoms with Gasteiger partial charge >= 0.3 is 17.8 Å². The maximum absolute atomic E-state index is 10.8. The van der Waals surface area contributed by atoms with E-state index >= 15 is 0 Å². The van der Waals surface area contributed by atoms with E-state index in [4.69, 9.17) is 9.47 Å². The van der Waals surface area contributed by atoms with Gasteiger partial charge in [-0.25, -0.2) is 5.32 Å². The summed E-state index contributed by atoms with van der Waals surface area (Å²) >= 11 is 0. The van der Waals surface area contributed by atoms with Crippen molar-refractivity contribution in [2.45, 2.75) is 19.8 Å². The maximum atomic E-state index is 10.8. The van der Waals surface area contributed by atoms with E-state index in [0.717, 1.165) is 0 Å². The van der Waals surface area contributed by atoms with Gasteiger partial charge in [-0.2, -0.15) is 10.5 Å². The molecule has 0 fully saturated rings. The molecule has 0 aliphatic carbocycles. The molecule has 6 heteroatoms. The average molecular weight is 219 g/mol. The molecule has 0 saturated carbocycles. The molecule has 0 aromatic rings. The topological polar surface area (TPSA) is 64.6 Å². The van der Waals surface area contributed by atoms with Gasteiger partial charge in [-0.3, -0.25) is 9.59 Å². The largest absolute Gasteiger partial charge is 0.408 e. The summed E-state index contributed by atoms with van der Waals surface area (Å²) in [5, 5.41) is 2.78. The lowest BCUT2D eigenvalue weighted by Gasteiger charge is -2.27. The molecule has 1 heterocycles. The molecule has 0 aromatic heterocycles. The minimum Gasteiger partial charge on any atom is -0.408 e. The fraction of sp³-hybridized carbons (Fsp3) is 0.625. The van der Waals surface area contributed by atoms with Crippen molar-refractivity contribution in [1.29, 1.82) is 0 Å². The Morgan fingerprint density at radius 3 is 2.14 bits per heavy atom. The van der Waals surface area contributed by atoms with Gasteiger partial charge in [0.25, 0.3) is 0 Å². The van der Waals surface area contributed by atoms with Crippen molar-refractivity contribution >= 4 is 27.9 Å². The second kappa shape index (κ2) is 4.10. The summed E-state index contributed by atoms with van der Waals surface area (Å²) in [4.78, 5) is 21.7. The van der Waals surface area contributed by atoms with Crippen molar-refractivity contribution in [3.63, 3.8) is 0 Å². The molecule has 0 radical (unpaired) electrons. The Hall–Kier alpha value is -0.880. The van der Waals surface area contributed by atoms with Crippen LogP contribution < -0.4 is 5.32 Å². The van der Waals surface area contributed by atoms with Crippen molar-refractivity contribution in [2.24, 2.45) is 0 Å². The maximum Gasteiger partial charge on any atom is 0.330 e. The van der Waals surface area contributed by atoms with Gasteiger partial charge in [0.1, 0.15) is 0 Å². The van der Waals surface area contributed by atoms with Crippen LogP contribution in [0.15, 0.2) is 0 Å². The third kappa shape index (κ3) is 2.81. The highest BCUT2D eigenvalue weighted by Gasteiger charge is 2.40. The van der Waals surface area contributed by atoms with E-state index in [0.29, 0.717) is 5.75 Å². The average Bonchev–Trinajstić information content (AvgIpc) is 2.28. The van der Waals surface area contributed by atoms with E-state index in [2.05, 4.69) is 5.32 Å². The number of carbonyl (C=O) groups is 2. The van der Waals surface area contributed by atoms with E-state index in [-0.39, 0.29) is 10.5 Å². The van der Waals surface area contributed by atoms with Gasteiger partial charge in [0, 0.05) is 19.3 Å². The fourth-order valence-corrected chi connectivity index (χ4v) is 2.44. The van der Waals surface area contributed by atoms with E-state index in [9.17, 15) is 9.59 Å². The molecule has 0 saturated heterocycles. The summed E-state index contributed by atoms with van der Waals surface area (Å²) in [5.74, 6) is -1.78. The molecule has 14 heavy (non-hydrogen) atoms. The zero-order valence-electron chi connectivity index (χ0n) is 8.33. The van der Waals surface area contributed by atoms with Crippen molar-refractivity contribution in [3.05, 3.63) is 0 Å². The molecular formula is C8H13NO4S. The van der Waals surface area contributed by atoms with Crippen LogP contribution in [0.1, 0.15) is 13.8 Å². The van der Waals surface area contributed by atoms with Gasteiger partial charge in [0.2, 0.25) is 0 Å². The van der Waals surface area contributed by atoms with Crippen molar-refractivity contribution < 1.29 is 19.1 Å². The molecule has 1 N–H and O–H groups in total. The Kier molecular flexibility index (Phi) is 3.28. The van der Waals surface area contributed by atoms with Gasteiger partial charge in [0.05, 0.1) is 5.75 Å². The second-order valence-electron chi connectivity index (χ2n) is 3.04. The number of esters is 2. The number of hydrogen-bond acceptors (Lipinski definition) is 5. The summed E-state index contributed by atoms with van der Waals surface area (Å²) in [6.07, 6.45) is 1.96. The number of ether oxygens (including phenoxy) is 2. The van der Waals surface area contributed by atoms with Gasteiger partial charge in [-0.15, -0.1) is 0 Å². The first-order chi connectivity index (χ1) is 6.43. The number of carbonyl (C=O) groups excluding carboxylic acids is 2. The predicted molar refractivity (Wildman–Crippen MR) is 53.8 cm³/mol. The van der Waals surface area contributed by atoms with Crippen LogP contribution in [-0.2, 0) is 19.1 Å². The number of hydrogen-bond donors (Lipinski definition) is 1. The van der Waals surface area contributed by atoms with Crippen LogP contribution in [0.2, 0.25) is 0 Å². The highest BCUT2D eigenvalue weighted by Crippen LogP contribution is 2.24. The quantitative estimate of drug-likeness (QED) is 0.403. The summed E-state index contributed by atoms with van der Waals surface area (Å²) in [7, 11) is -0.0656. The first-order valence-electron chi connectivity index (χ1n) is 4.05. The van der Waals surface area contributed by atoms with Crippen molar-refractivity contribution in [2.75, 3.05) is 12.0 Å². The molecule has 80 valence electrons. The highest BCUT2D eigenvalue weighted by atomic mass is 32.2. The Bertz CT molecular complexity index is 284. The summed E-state index contributed by atoms with van der Waals surface area (Å²) in [6, 6.07) is 0. The molecule has 1 rings (SSSR count). The Labute approximate surface area is 84.7 Å². The minimum atomic E-state index is -1.28. The predicted octanol–water partition coefficient (Wildman–Crippen LogP) is 0.0280. The van der Waals surface area contributed by atoms with E-state index in [1.807, 2.05) is 6.26 Å². The minimum absolute atomic E-state index is 0.0656. The lowest BCUT2D eigenvalue weighted by atomic mass is 10.5. The van der Waals surface area contributed by atoms with Gasteiger partial charge < -0.3 is 9.47 Å². The molecule has 1 aliphatic heterocycles. The second-order valence-corrected chi connectivity index (χ2v) is 4.94. The fourth-order valence-electron chi connectivity index (χ4n) is 1.18. The van der Waals surface area contributed by atoms with E-state index in [1.165, 1.54) is 13.8 Å². The van der Waals surface area contributed by atoms with E-state index in [1.54, 1.807) is 5.49 Å². The normalized spacial score (nSPS) is 23.8. The lowest BCUT2D eigenvalue weighted by molar-refractivity contribution is -0.221. The zero-order valence-corrected chi connectivity index (χ0v) is 9.14. The zero-order chi connectivity index (χ0) is 10.8. The molecule has 1 aliphatic rings. The smallest absolute Gasteiger partial charge is 0.330 e. The Morgan fingerprint density at radius 2 is 1.86 bits per heavy atom. The first-order valence-corrected chi connectivity index (χ1v) is 5.91. The lowest BCUT2D eigenvalue weighted by Crippen LogP contribution is -2.50. The highest BCUT2D eigenvalue weighted by molar-refractivity contribution is 8.14. The number of nitrogens with one attached hydrogen (secondary N) is 1. The van der Waals surface area contributed by atoms with Crippen LogP contribution >= 0.6 is 10.5 Å². The molecule has 1 atom stereocenters. The number of rotatable bonds is 2. The van der Waals surface area contributed by atoms with Crippen LogP contribution in [0.5, 0.6) is 0 Å². The molecule has 5 nitrogen and oxygen atoms in total. The molecule has 0 spiro atoms. The van der Waals surface area contributed by atoms with Gasteiger partial charge in [0.15, 0.2) is 0 Å². The Morgan fingerprint density at radius 1 is 1.36 bits per heavy atom. The summed E-state index contributed by atoms with van der Waals surface area (Å²) in [6.45, 7) is 2.55. The molecule has 0 aromatic carbocycles. The summed E-state index contributed by atoms with van der Waals surface area (Å²) in [5.41, 5.74) is 1.77. The molecular weight excluding hydrogens is 206 g/mol. The van der Waals surface area contributed by atoms with Crippen LogP contribution in [0.4, 0.5) is 0 Å². The van der Waals surface area contributed by atoms with Gasteiger partial charge in [-0.05, 0) is 6.26 Å². The monoisotopic (exact) mass is 219 g/mol. The van der Waals surface area contributed by atoms with Crippen LogP contribution in [0, 0.1) is 0 Å². The third-order valence-corrected chi connectivity index (χ3v) is 2.87. The molecule has 0 bridgehead atoms. The van der Waals surface area contributed by atoms with Gasteiger partial charge in [-0.1, -0.05) is 0 Å². The van der Waals surface area contributed by atoms with Crippen LogP contribution in [0.25, 0.3) is 0 Å². The van der Waals surface area contributed by atoms with Crippen LogP contribution in [-0.4, -0.2) is 35.3 Å². The third-order valence-electron chi connectivity index (χ3n) is 1.51. The summed E-state index contributed by atoms with van der Waals surface area (Å²) < 4.78 is 9.93. The Balaban J connectivity index is 2.72. The van der Waals surface area contributed by atoms with E-state index < -0.39 is 17.8 Å². The SMILES string of the molecule is CC(=O)OC1(OC(C)=O)CS(C)=CN1. The standard InChI is InChI=1S/C8H13NO4S/c1-6(10)12-8(13-7(2)11)4-14(3)5-9-8/h5,9H,4H2,1-3H3. The van der Waals surface area contributed by atoms with Crippen LogP contribution in [0.3, 0.4) is 0 Å². The molecule has 0 amide bonds. The first kappa shape index (κ1) is 11.2. The molecule has 1 unspecified atom stereocenters. The van der Waals surface area contributed by atoms with Crippen molar-refractivity contribution in [1.82, 2.24) is 5.32 Å².